The third-order valence-electron chi connectivity index (χ3n) is 0.697. The first-order valence-electron chi connectivity index (χ1n) is 3.88. The molecule has 10 nitrogen and oxygen atoms in total. The molecular weight excluding hydrogens is 263 g/mol. The van der Waals surface area contributed by atoms with Gasteiger partial charge in [-0.05, 0) is 0 Å². The minimum Gasteiger partial charge on any atom is -0.393 e. The van der Waals surface area contributed by atoms with Crippen LogP contribution in [0, 0.1) is 0 Å². The molecule has 0 aliphatic rings. The number of aldehydes is 1. The van der Waals surface area contributed by atoms with E-state index in [-0.39, 0.29) is 6.29 Å². The summed E-state index contributed by atoms with van der Waals surface area (Å²) in [5.74, 6) is -0.546. The van der Waals surface area contributed by atoms with Crippen molar-refractivity contribution in [1.29, 1.82) is 0 Å². The van der Waals surface area contributed by atoms with Gasteiger partial charge >= 0.3 is 7.82 Å². The van der Waals surface area contributed by atoms with Crippen LogP contribution in [-0.2, 0) is 14.2 Å². The summed E-state index contributed by atoms with van der Waals surface area (Å²) in [6.45, 7) is -1.60. The molecule has 0 rings (SSSR count). The van der Waals surface area contributed by atoms with Gasteiger partial charge in [-0.1, -0.05) is 0 Å². The van der Waals surface area contributed by atoms with Crippen molar-refractivity contribution in [2.45, 2.75) is 6.10 Å². The van der Waals surface area contributed by atoms with Crippen molar-refractivity contribution in [1.82, 2.24) is 0 Å². The zero-order valence-corrected chi connectivity index (χ0v) is 9.47. The Bertz CT molecular complexity index is 221. The van der Waals surface area contributed by atoms with Crippen molar-refractivity contribution in [3.8, 4) is 0 Å². The van der Waals surface area contributed by atoms with E-state index in [1.807, 2.05) is 0 Å². The Morgan fingerprint density at radius 1 is 1.12 bits per heavy atom. The van der Waals surface area contributed by atoms with Gasteiger partial charge in [-0.3, -0.25) is 4.79 Å². The lowest BCUT2D eigenvalue weighted by atomic mass is 10.4. The molecule has 17 heavy (non-hydrogen) atoms. The van der Waals surface area contributed by atoms with E-state index in [1.165, 1.54) is 0 Å². The van der Waals surface area contributed by atoms with Gasteiger partial charge in [0, 0.05) is 0 Å². The molecule has 11 heteroatoms. The van der Waals surface area contributed by atoms with Gasteiger partial charge in [0.1, 0.15) is 19.3 Å². The molecule has 0 aliphatic heterocycles. The van der Waals surface area contributed by atoms with Gasteiger partial charge in [0.2, 0.25) is 0 Å². The normalized spacial score (nSPS) is 11.2. The van der Waals surface area contributed by atoms with Gasteiger partial charge in [0.25, 0.3) is 0 Å². The fourth-order valence-corrected chi connectivity index (χ4v) is 0.0930. The topological polar surface area (TPSA) is 193 Å². The van der Waals surface area contributed by atoms with Crippen molar-refractivity contribution in [2.75, 3.05) is 19.8 Å². The molecule has 0 saturated heterocycles. The summed E-state index contributed by atoms with van der Waals surface area (Å²) in [4.78, 5) is 40.6. The maximum Gasteiger partial charge on any atom is 0.466 e. The standard InChI is InChI=1S/2C3H6O3.H3O4P/c2*4-1-3(6)2-5;1-5(2,3)4/h4-5H,1-2H2;1,3,5-6H,2H2;(H3,1,2,3,4). The van der Waals surface area contributed by atoms with Gasteiger partial charge in [-0.2, -0.15) is 0 Å². The molecule has 0 aromatic carbocycles. The number of hydrogen-bond donors (Lipinski definition) is 7. The predicted molar refractivity (Wildman–Crippen MR) is 52.6 cm³/mol. The van der Waals surface area contributed by atoms with Crippen LogP contribution in [0.3, 0.4) is 0 Å². The lowest BCUT2D eigenvalue weighted by molar-refractivity contribution is -0.124. The maximum atomic E-state index is 9.68. The van der Waals surface area contributed by atoms with Crippen molar-refractivity contribution >= 4 is 19.9 Å². The molecule has 0 fully saturated rings. The Hall–Kier alpha value is -0.710. The molecule has 0 radical (unpaired) electrons. The van der Waals surface area contributed by atoms with Gasteiger partial charge in [0.05, 0.1) is 6.61 Å². The van der Waals surface area contributed by atoms with E-state index in [2.05, 4.69) is 0 Å². The fraction of sp³-hybridized carbons (Fsp3) is 0.667. The Morgan fingerprint density at radius 3 is 1.41 bits per heavy atom. The van der Waals surface area contributed by atoms with Crippen LogP contribution in [0.2, 0.25) is 0 Å². The molecule has 104 valence electrons. The number of carbonyl (C=O) groups is 2. The maximum absolute atomic E-state index is 9.68. The highest BCUT2D eigenvalue weighted by Crippen LogP contribution is 2.25. The number of Topliss-reactive ketones (excluding diaryl/α,β-unsaturated/α-hetero) is 1. The van der Waals surface area contributed by atoms with Crippen molar-refractivity contribution in [3.05, 3.63) is 0 Å². The number of aliphatic hydroxyl groups is 4. The van der Waals surface area contributed by atoms with Crippen molar-refractivity contribution < 1.29 is 49.3 Å². The van der Waals surface area contributed by atoms with E-state index >= 15 is 0 Å². The van der Waals surface area contributed by atoms with Crippen LogP contribution in [0.25, 0.3) is 0 Å². The zero-order valence-electron chi connectivity index (χ0n) is 8.58. The van der Waals surface area contributed by atoms with E-state index in [1.54, 1.807) is 0 Å². The fourth-order valence-electron chi connectivity index (χ4n) is 0.0930. The number of carbonyl (C=O) groups excluding carboxylic acids is 2. The molecule has 1 atom stereocenters. The Balaban J connectivity index is -0.000000174. The highest BCUT2D eigenvalue weighted by atomic mass is 31.2. The van der Waals surface area contributed by atoms with Gasteiger partial charge < -0.3 is 39.9 Å². The third kappa shape index (κ3) is 50.8. The second-order valence-electron chi connectivity index (χ2n) is 2.25. The molecule has 0 heterocycles. The minimum atomic E-state index is -4.64. The first-order chi connectivity index (χ1) is 7.62. The number of ketones is 1. The number of aliphatic hydroxyl groups excluding tert-OH is 4. The molecule has 0 amide bonds. The van der Waals surface area contributed by atoms with Gasteiger partial charge in [-0.25, -0.2) is 4.57 Å². The molecule has 0 bridgehead atoms. The average Bonchev–Trinajstić information content (AvgIpc) is 2.25. The summed E-state index contributed by atoms with van der Waals surface area (Å²) in [7, 11) is -4.64. The molecular formula is C6H15O10P. The summed E-state index contributed by atoms with van der Waals surface area (Å²) in [5, 5.41) is 31.6. The van der Waals surface area contributed by atoms with E-state index in [0.29, 0.717) is 0 Å². The summed E-state index contributed by atoms with van der Waals surface area (Å²) >= 11 is 0. The van der Waals surface area contributed by atoms with Crippen LogP contribution in [0.4, 0.5) is 0 Å². The highest BCUT2D eigenvalue weighted by Gasteiger charge is 2.00. The monoisotopic (exact) mass is 278 g/mol. The highest BCUT2D eigenvalue weighted by molar-refractivity contribution is 7.45. The Labute approximate surface area is 96.0 Å². The second kappa shape index (κ2) is 13.4. The lowest BCUT2D eigenvalue weighted by Gasteiger charge is -1.89. The van der Waals surface area contributed by atoms with Gasteiger partial charge in [0.15, 0.2) is 12.1 Å². The second-order valence-corrected chi connectivity index (χ2v) is 3.28. The van der Waals surface area contributed by atoms with Crippen LogP contribution in [0.5, 0.6) is 0 Å². The van der Waals surface area contributed by atoms with E-state index in [0.717, 1.165) is 0 Å². The number of hydrogen-bond acceptors (Lipinski definition) is 7. The first-order valence-corrected chi connectivity index (χ1v) is 5.44. The van der Waals surface area contributed by atoms with Gasteiger partial charge in [-0.15, -0.1) is 0 Å². The molecule has 0 saturated carbocycles. The first kappa shape index (κ1) is 21.6. The summed E-state index contributed by atoms with van der Waals surface area (Å²) < 4.78 is 8.88. The smallest absolute Gasteiger partial charge is 0.393 e. The van der Waals surface area contributed by atoms with Crippen LogP contribution in [0.15, 0.2) is 0 Å². The molecule has 0 aliphatic carbocycles. The number of phosphoric acid groups is 1. The molecule has 0 aromatic rings. The zero-order chi connectivity index (χ0) is 14.5. The molecule has 7 N–H and O–H groups in total. The summed E-state index contributed by atoms with van der Waals surface area (Å²) in [5.41, 5.74) is 0. The number of rotatable bonds is 4. The third-order valence-corrected chi connectivity index (χ3v) is 0.697. The predicted octanol–water partition coefficient (Wildman–Crippen LogP) is -3.85. The van der Waals surface area contributed by atoms with Crippen LogP contribution >= 0.6 is 7.82 Å². The largest absolute Gasteiger partial charge is 0.466 e. The molecule has 1 unspecified atom stereocenters. The quantitative estimate of drug-likeness (QED) is 0.197. The van der Waals surface area contributed by atoms with Crippen molar-refractivity contribution in [2.24, 2.45) is 0 Å². The van der Waals surface area contributed by atoms with Crippen LogP contribution in [-0.4, -0.2) is 73.1 Å². The Kier molecular flexibility index (Phi) is 16.9. The average molecular weight is 278 g/mol. The van der Waals surface area contributed by atoms with Crippen molar-refractivity contribution in [3.63, 3.8) is 0 Å². The van der Waals surface area contributed by atoms with Crippen LogP contribution in [0.1, 0.15) is 0 Å². The summed E-state index contributed by atoms with van der Waals surface area (Å²) in [6, 6.07) is 0. The molecule has 0 spiro atoms. The van der Waals surface area contributed by atoms with E-state index in [9.17, 15) is 9.59 Å². The minimum absolute atomic E-state index is 0.278. The lowest BCUT2D eigenvalue weighted by Crippen LogP contribution is -2.12. The summed E-state index contributed by atoms with van der Waals surface area (Å²) in [6.07, 6.45) is -0.912. The van der Waals surface area contributed by atoms with E-state index in [4.69, 9.17) is 39.7 Å². The van der Waals surface area contributed by atoms with Crippen LogP contribution < -0.4 is 0 Å². The Morgan fingerprint density at radius 2 is 1.41 bits per heavy atom. The van der Waals surface area contributed by atoms with E-state index < -0.39 is 39.5 Å². The SMILES string of the molecule is O=C(CO)CO.O=CC(O)CO.O=P(O)(O)O. The molecule has 0 aromatic heterocycles.